The topological polar surface area (TPSA) is 76.5 Å². The zero-order valence-corrected chi connectivity index (χ0v) is 10.1. The number of nitrogens with zero attached hydrogens (tertiary/aromatic N) is 4. The molecule has 2 heterocycles. The third-order valence-electron chi connectivity index (χ3n) is 2.90. The molecule has 96 valence electrons. The van der Waals surface area contributed by atoms with Gasteiger partial charge in [-0.15, -0.1) is 5.10 Å². The summed E-state index contributed by atoms with van der Waals surface area (Å²) in [5, 5.41) is 14.0. The smallest absolute Gasteiger partial charge is 0.271 e. The van der Waals surface area contributed by atoms with Gasteiger partial charge in [-0.3, -0.25) is 9.89 Å². The van der Waals surface area contributed by atoms with Gasteiger partial charge in [0.15, 0.2) is 5.52 Å². The zero-order chi connectivity index (χ0) is 13.4. The molecule has 0 saturated carbocycles. The Kier molecular flexibility index (Phi) is 2.59. The van der Waals surface area contributed by atoms with Crippen molar-refractivity contribution in [2.75, 3.05) is 0 Å². The van der Waals surface area contributed by atoms with Gasteiger partial charge in [-0.25, -0.2) is 9.07 Å². The molecular formula is C12H10FN5O. The van der Waals surface area contributed by atoms with Crippen LogP contribution in [0.5, 0.6) is 0 Å². The van der Waals surface area contributed by atoms with Gasteiger partial charge >= 0.3 is 0 Å². The first kappa shape index (κ1) is 11.5. The number of benzene rings is 1. The summed E-state index contributed by atoms with van der Waals surface area (Å²) in [4.78, 5) is 12.0. The summed E-state index contributed by atoms with van der Waals surface area (Å²) in [6, 6.07) is 4.81. The molecule has 0 saturated heterocycles. The number of halogens is 1. The number of hydrogen-bond donors (Lipinski definition) is 1. The highest BCUT2D eigenvalue weighted by Gasteiger charge is 2.08. The first-order valence-corrected chi connectivity index (χ1v) is 5.67. The number of aromatic nitrogens is 5. The molecule has 0 atom stereocenters. The summed E-state index contributed by atoms with van der Waals surface area (Å²) in [6.45, 7) is 1.85. The van der Waals surface area contributed by atoms with Crippen molar-refractivity contribution < 1.29 is 4.39 Å². The van der Waals surface area contributed by atoms with E-state index in [1.54, 1.807) is 19.1 Å². The van der Waals surface area contributed by atoms with Crippen molar-refractivity contribution in [3.63, 3.8) is 0 Å². The fourth-order valence-corrected chi connectivity index (χ4v) is 1.80. The lowest BCUT2D eigenvalue weighted by Crippen LogP contribution is -2.24. The normalized spacial score (nSPS) is 11.1. The first-order valence-electron chi connectivity index (χ1n) is 5.67. The number of H-pyrrole nitrogens is 1. The SMILES string of the molecule is Cc1ccc(Cn2nnc3cn[nH]c3c2=O)cc1F. The van der Waals surface area contributed by atoms with Crippen LogP contribution in [0, 0.1) is 12.7 Å². The maximum atomic E-state index is 13.4. The van der Waals surface area contributed by atoms with Crippen LogP contribution < -0.4 is 5.56 Å². The summed E-state index contributed by atoms with van der Waals surface area (Å²) < 4.78 is 14.6. The minimum atomic E-state index is -0.330. The Labute approximate surface area is 106 Å². The Bertz CT molecular complexity index is 807. The van der Waals surface area contributed by atoms with E-state index in [-0.39, 0.29) is 17.9 Å². The van der Waals surface area contributed by atoms with Crippen LogP contribution in [0.25, 0.3) is 11.0 Å². The minimum absolute atomic E-state index is 0.165. The molecule has 0 radical (unpaired) electrons. The Hall–Kier alpha value is -2.57. The van der Waals surface area contributed by atoms with E-state index >= 15 is 0 Å². The second-order valence-electron chi connectivity index (χ2n) is 4.27. The number of hydrogen-bond acceptors (Lipinski definition) is 4. The molecule has 1 N–H and O–H groups in total. The highest BCUT2D eigenvalue weighted by molar-refractivity contribution is 5.70. The molecule has 6 nitrogen and oxygen atoms in total. The van der Waals surface area contributed by atoms with Crippen molar-refractivity contribution in [1.82, 2.24) is 25.2 Å². The molecule has 1 aromatic carbocycles. The number of nitrogens with one attached hydrogen (secondary N) is 1. The summed E-state index contributed by atoms with van der Waals surface area (Å²) >= 11 is 0. The van der Waals surface area contributed by atoms with E-state index in [4.69, 9.17) is 0 Å². The van der Waals surface area contributed by atoms with E-state index in [0.717, 1.165) is 0 Å². The Balaban J connectivity index is 2.03. The Morgan fingerprint density at radius 3 is 3.05 bits per heavy atom. The van der Waals surface area contributed by atoms with Crippen molar-refractivity contribution in [2.45, 2.75) is 13.5 Å². The second-order valence-corrected chi connectivity index (χ2v) is 4.27. The van der Waals surface area contributed by atoms with E-state index in [1.165, 1.54) is 16.9 Å². The van der Waals surface area contributed by atoms with Crippen LogP contribution in [0.2, 0.25) is 0 Å². The van der Waals surface area contributed by atoms with Gasteiger partial charge in [0.1, 0.15) is 11.3 Å². The first-order chi connectivity index (χ1) is 9.15. The lowest BCUT2D eigenvalue weighted by molar-refractivity contribution is 0.587. The van der Waals surface area contributed by atoms with E-state index in [9.17, 15) is 9.18 Å². The van der Waals surface area contributed by atoms with Gasteiger partial charge in [-0.2, -0.15) is 5.10 Å². The molecule has 0 spiro atoms. The molecule has 0 fully saturated rings. The molecule has 0 aliphatic carbocycles. The quantitative estimate of drug-likeness (QED) is 0.745. The van der Waals surface area contributed by atoms with Crippen LogP contribution in [-0.2, 0) is 6.54 Å². The van der Waals surface area contributed by atoms with Crippen molar-refractivity contribution in [3.8, 4) is 0 Å². The van der Waals surface area contributed by atoms with E-state index in [0.29, 0.717) is 22.2 Å². The highest BCUT2D eigenvalue weighted by atomic mass is 19.1. The average molecular weight is 259 g/mol. The molecule has 0 aliphatic heterocycles. The predicted octanol–water partition coefficient (Wildman–Crippen LogP) is 1.01. The van der Waals surface area contributed by atoms with Crippen LogP contribution in [0.15, 0.2) is 29.2 Å². The number of rotatable bonds is 2. The molecule has 0 amide bonds. The van der Waals surface area contributed by atoms with E-state index in [1.807, 2.05) is 0 Å². The molecule has 2 aromatic heterocycles. The van der Waals surface area contributed by atoms with Crippen molar-refractivity contribution in [2.24, 2.45) is 0 Å². The van der Waals surface area contributed by atoms with Gasteiger partial charge in [0.2, 0.25) is 0 Å². The second kappa shape index (κ2) is 4.27. The summed E-state index contributed by atoms with van der Waals surface area (Å²) in [6.07, 6.45) is 1.43. The summed E-state index contributed by atoms with van der Waals surface area (Å²) in [5.41, 5.74) is 1.59. The monoisotopic (exact) mass is 259 g/mol. The van der Waals surface area contributed by atoms with Gasteiger partial charge < -0.3 is 0 Å². The fraction of sp³-hybridized carbons (Fsp3) is 0.167. The number of aromatic amines is 1. The Morgan fingerprint density at radius 1 is 1.42 bits per heavy atom. The lowest BCUT2D eigenvalue weighted by atomic mass is 10.1. The van der Waals surface area contributed by atoms with Gasteiger partial charge in [0, 0.05) is 0 Å². The Morgan fingerprint density at radius 2 is 2.26 bits per heavy atom. The van der Waals surface area contributed by atoms with Gasteiger partial charge in [-0.1, -0.05) is 17.3 Å². The molecule has 19 heavy (non-hydrogen) atoms. The maximum Gasteiger partial charge on any atom is 0.295 e. The standard InChI is InChI=1S/C12H10FN5O/c1-7-2-3-8(4-9(7)13)6-18-12(19)11-10(15-17-18)5-14-16-11/h2-5H,6H2,1H3,(H,14,16). The van der Waals surface area contributed by atoms with Crippen LogP contribution in [-0.4, -0.2) is 25.2 Å². The van der Waals surface area contributed by atoms with Gasteiger partial charge in [0.25, 0.3) is 5.56 Å². The number of fused-ring (bicyclic) bond motifs is 1. The predicted molar refractivity (Wildman–Crippen MR) is 66.2 cm³/mol. The summed E-state index contributed by atoms with van der Waals surface area (Å²) in [5.74, 6) is -0.305. The van der Waals surface area contributed by atoms with Crippen molar-refractivity contribution in [1.29, 1.82) is 0 Å². The van der Waals surface area contributed by atoms with Gasteiger partial charge in [-0.05, 0) is 24.1 Å². The fourth-order valence-electron chi connectivity index (χ4n) is 1.80. The van der Waals surface area contributed by atoms with Gasteiger partial charge in [0.05, 0.1) is 12.7 Å². The molecule has 3 aromatic rings. The largest absolute Gasteiger partial charge is 0.295 e. The average Bonchev–Trinajstić information content (AvgIpc) is 2.86. The molecule has 3 rings (SSSR count). The van der Waals surface area contributed by atoms with Crippen LogP contribution in [0.3, 0.4) is 0 Å². The third-order valence-corrected chi connectivity index (χ3v) is 2.90. The van der Waals surface area contributed by atoms with E-state index < -0.39 is 0 Å². The van der Waals surface area contributed by atoms with E-state index in [2.05, 4.69) is 20.5 Å². The summed E-state index contributed by atoms with van der Waals surface area (Å²) in [7, 11) is 0. The molecular weight excluding hydrogens is 249 g/mol. The van der Waals surface area contributed by atoms with Crippen LogP contribution >= 0.6 is 0 Å². The molecule has 0 bridgehead atoms. The molecule has 7 heteroatoms. The van der Waals surface area contributed by atoms with Crippen LogP contribution in [0.4, 0.5) is 4.39 Å². The van der Waals surface area contributed by atoms with Crippen LogP contribution in [0.1, 0.15) is 11.1 Å². The molecule has 0 unspecified atom stereocenters. The minimum Gasteiger partial charge on any atom is -0.271 e. The maximum absolute atomic E-state index is 13.4. The number of aryl methyl sites for hydroxylation is 1. The van der Waals surface area contributed by atoms with Crippen molar-refractivity contribution in [3.05, 3.63) is 51.7 Å². The third kappa shape index (κ3) is 1.99. The zero-order valence-electron chi connectivity index (χ0n) is 10.1. The van der Waals surface area contributed by atoms with Crippen molar-refractivity contribution >= 4 is 11.0 Å². The lowest BCUT2D eigenvalue weighted by Gasteiger charge is -2.04. The highest BCUT2D eigenvalue weighted by Crippen LogP contribution is 2.09. The molecule has 0 aliphatic rings.